The first-order valence-corrected chi connectivity index (χ1v) is 9.76. The minimum Gasteiger partial charge on any atom is -0.404 e. The van der Waals surface area contributed by atoms with E-state index in [1.165, 1.54) is 12.1 Å². The van der Waals surface area contributed by atoms with Crippen molar-refractivity contribution >= 4 is 16.1 Å². The fourth-order valence-corrected chi connectivity index (χ4v) is 3.85. The highest BCUT2D eigenvalue weighted by atomic mass is 32.2. The van der Waals surface area contributed by atoms with Gasteiger partial charge in [0.2, 0.25) is 0 Å². The molecule has 7 nitrogen and oxygen atoms in total. The Morgan fingerprint density at radius 2 is 1.72 bits per heavy atom. The summed E-state index contributed by atoms with van der Waals surface area (Å²) in [4.78, 5) is 11.8. The van der Waals surface area contributed by atoms with Crippen LogP contribution in [0.2, 0.25) is 0 Å². The number of rotatable bonds is 4. The molecule has 1 heterocycles. The van der Waals surface area contributed by atoms with Crippen molar-refractivity contribution in [2.75, 3.05) is 0 Å². The number of urea groups is 1. The minimum atomic E-state index is -5.09. The fourth-order valence-electron chi connectivity index (χ4n) is 2.78. The molecule has 3 rings (SSSR count). The van der Waals surface area contributed by atoms with Gasteiger partial charge < -0.3 is 4.74 Å². The van der Waals surface area contributed by atoms with Gasteiger partial charge in [-0.2, -0.15) is 0 Å². The number of halogens is 3. The molecule has 11 heteroatoms. The third-order valence-electron chi connectivity index (χ3n) is 3.93. The number of carbonyl (C=O) groups is 1. The van der Waals surface area contributed by atoms with Gasteiger partial charge >= 0.3 is 12.4 Å². The highest BCUT2D eigenvalue weighted by Gasteiger charge is 2.36. The average Bonchev–Trinajstić information content (AvgIpc) is 3.03. The number of amides is 2. The molecule has 0 aliphatic carbocycles. The molecule has 2 aromatic carbocycles. The van der Waals surface area contributed by atoms with E-state index in [-0.39, 0.29) is 0 Å². The summed E-state index contributed by atoms with van der Waals surface area (Å²) in [5.74, 6) is -0.941. The number of hydrazine groups is 1. The number of nitrogens with zero attached hydrogens (tertiary/aromatic N) is 1. The van der Waals surface area contributed by atoms with Gasteiger partial charge in [-0.1, -0.05) is 42.5 Å². The Kier molecular flexibility index (Phi) is 5.42. The summed E-state index contributed by atoms with van der Waals surface area (Å²) in [7, 11) is -4.65. The summed E-state index contributed by atoms with van der Waals surface area (Å²) in [5.41, 5.74) is 4.05. The van der Waals surface area contributed by atoms with Gasteiger partial charge in [-0.3, -0.25) is 5.43 Å². The number of sulfonamides is 1. The third kappa shape index (κ3) is 4.80. The van der Waals surface area contributed by atoms with E-state index in [0.717, 1.165) is 17.1 Å². The van der Waals surface area contributed by atoms with Crippen molar-refractivity contribution in [3.63, 3.8) is 0 Å². The first-order valence-electron chi connectivity index (χ1n) is 8.28. The smallest absolute Gasteiger partial charge is 0.404 e. The van der Waals surface area contributed by atoms with Crippen molar-refractivity contribution in [2.45, 2.75) is 24.2 Å². The van der Waals surface area contributed by atoms with Gasteiger partial charge in [0.1, 0.15) is 16.7 Å². The number of hydrogen-bond acceptors (Lipinski definition) is 5. The average molecular weight is 427 g/mol. The van der Waals surface area contributed by atoms with Crippen LogP contribution in [0.15, 0.2) is 71.3 Å². The normalized spacial score (nSPS) is 16.8. The molecular weight excluding hydrogens is 411 g/mol. The molecule has 1 aliphatic heterocycles. The lowest BCUT2D eigenvalue weighted by Gasteiger charge is -2.25. The predicted octanol–water partition coefficient (Wildman–Crippen LogP) is 3.45. The lowest BCUT2D eigenvalue weighted by molar-refractivity contribution is -0.275. The summed E-state index contributed by atoms with van der Waals surface area (Å²) in [6, 6.07) is 11.3. The molecule has 0 spiro atoms. The van der Waals surface area contributed by atoms with Crippen molar-refractivity contribution in [3.05, 3.63) is 71.9 Å². The number of nitrogens with one attached hydrogen (secondary N) is 2. The van der Waals surface area contributed by atoms with Gasteiger partial charge in [0.25, 0.3) is 10.0 Å². The van der Waals surface area contributed by atoms with E-state index in [2.05, 4.69) is 10.2 Å². The Bertz CT molecular complexity index is 1040. The second-order valence-electron chi connectivity index (χ2n) is 6.09. The molecule has 0 aromatic heterocycles. The topological polar surface area (TPSA) is 87.7 Å². The fraction of sp³-hybridized carbons (Fsp3) is 0.167. The highest BCUT2D eigenvalue weighted by molar-refractivity contribution is 7.90. The maximum atomic E-state index is 12.6. The van der Waals surface area contributed by atoms with E-state index in [0.29, 0.717) is 11.3 Å². The molecule has 0 saturated carbocycles. The standard InChI is InChI=1S/C18H16F3N3O4S/c1-12-11-14(13-7-3-2-4-8-13)24(22-12)17(25)23-29(26,27)16-10-6-5-9-15(16)28-18(19,20)21/h2-11,14,22H,1H3,(H,23,25). The van der Waals surface area contributed by atoms with Gasteiger partial charge in [-0.05, 0) is 30.7 Å². The molecule has 0 fully saturated rings. The monoisotopic (exact) mass is 427 g/mol. The minimum absolute atomic E-state index is 0.604. The summed E-state index contributed by atoms with van der Waals surface area (Å²) < 4.78 is 68.4. The Morgan fingerprint density at radius 3 is 2.38 bits per heavy atom. The van der Waals surface area contributed by atoms with Crippen molar-refractivity contribution < 1.29 is 31.1 Å². The van der Waals surface area contributed by atoms with Crippen LogP contribution in [-0.4, -0.2) is 25.8 Å². The first kappa shape index (κ1) is 20.5. The quantitative estimate of drug-likeness (QED) is 0.781. The predicted molar refractivity (Wildman–Crippen MR) is 96.8 cm³/mol. The summed E-state index contributed by atoms with van der Waals surface area (Å²) in [6.45, 7) is 1.68. The third-order valence-corrected chi connectivity index (χ3v) is 5.29. The maximum Gasteiger partial charge on any atom is 0.573 e. The SMILES string of the molecule is CC1=CC(c2ccccc2)N(C(=O)NS(=O)(=O)c2ccccc2OC(F)(F)F)N1. The van der Waals surface area contributed by atoms with Crippen LogP contribution < -0.4 is 14.9 Å². The van der Waals surface area contributed by atoms with Crippen molar-refractivity contribution in [1.29, 1.82) is 0 Å². The van der Waals surface area contributed by atoms with Crippen molar-refractivity contribution in [2.24, 2.45) is 0 Å². The molecule has 2 N–H and O–H groups in total. The number of para-hydroxylation sites is 1. The van der Waals surface area contributed by atoms with Crippen LogP contribution in [0.3, 0.4) is 0 Å². The van der Waals surface area contributed by atoms with Gasteiger partial charge in [0, 0.05) is 5.70 Å². The zero-order chi connectivity index (χ0) is 21.2. The molecule has 0 radical (unpaired) electrons. The second kappa shape index (κ2) is 7.66. The molecule has 2 aromatic rings. The second-order valence-corrected chi connectivity index (χ2v) is 7.74. The van der Waals surface area contributed by atoms with E-state index in [4.69, 9.17) is 0 Å². The molecule has 1 aliphatic rings. The van der Waals surface area contributed by atoms with E-state index in [1.54, 1.807) is 48.1 Å². The molecule has 1 atom stereocenters. The van der Waals surface area contributed by atoms with Crippen LogP contribution >= 0.6 is 0 Å². The van der Waals surface area contributed by atoms with Gasteiger partial charge in [-0.25, -0.2) is 22.9 Å². The summed E-state index contributed by atoms with van der Waals surface area (Å²) in [5, 5.41) is 1.04. The first-order chi connectivity index (χ1) is 13.6. The van der Waals surface area contributed by atoms with E-state index in [1.807, 2.05) is 0 Å². The largest absolute Gasteiger partial charge is 0.573 e. The van der Waals surface area contributed by atoms with E-state index < -0.39 is 39.1 Å². The molecule has 29 heavy (non-hydrogen) atoms. The zero-order valence-electron chi connectivity index (χ0n) is 15.0. The molecular formula is C18H16F3N3O4S. The van der Waals surface area contributed by atoms with Crippen LogP contribution in [-0.2, 0) is 10.0 Å². The van der Waals surface area contributed by atoms with Gasteiger partial charge in [0.15, 0.2) is 0 Å². The zero-order valence-corrected chi connectivity index (χ0v) is 15.8. The van der Waals surface area contributed by atoms with Crippen molar-refractivity contribution in [3.8, 4) is 5.75 Å². The summed E-state index contributed by atoms with van der Waals surface area (Å²) >= 11 is 0. The van der Waals surface area contributed by atoms with Gasteiger partial charge in [-0.15, -0.1) is 13.2 Å². The Balaban J connectivity index is 1.85. The van der Waals surface area contributed by atoms with Crippen molar-refractivity contribution in [1.82, 2.24) is 15.2 Å². The van der Waals surface area contributed by atoms with Crippen LogP contribution in [0, 0.1) is 0 Å². The molecule has 0 bridgehead atoms. The Hall–Kier alpha value is -3.21. The molecule has 2 amide bonds. The number of alkyl halides is 3. The maximum absolute atomic E-state index is 12.6. The number of ether oxygens (including phenoxy) is 1. The molecule has 1 unspecified atom stereocenters. The number of hydrogen-bond donors (Lipinski definition) is 2. The highest BCUT2D eigenvalue weighted by Crippen LogP contribution is 2.30. The number of benzene rings is 2. The van der Waals surface area contributed by atoms with E-state index in [9.17, 15) is 26.4 Å². The molecule has 0 saturated heterocycles. The Labute approximate surface area is 164 Å². The summed E-state index contributed by atoms with van der Waals surface area (Å²) in [6.07, 6.45) is -3.38. The lowest BCUT2D eigenvalue weighted by atomic mass is 10.1. The van der Waals surface area contributed by atoms with Crippen LogP contribution in [0.1, 0.15) is 18.5 Å². The molecule has 154 valence electrons. The van der Waals surface area contributed by atoms with Crippen LogP contribution in [0.5, 0.6) is 5.75 Å². The van der Waals surface area contributed by atoms with Gasteiger partial charge in [0.05, 0.1) is 0 Å². The number of carbonyl (C=O) groups excluding carboxylic acids is 1. The van der Waals surface area contributed by atoms with Crippen LogP contribution in [0.4, 0.5) is 18.0 Å². The van der Waals surface area contributed by atoms with E-state index >= 15 is 0 Å². The number of allylic oxidation sites excluding steroid dienone is 1. The Morgan fingerprint density at radius 1 is 1.10 bits per heavy atom. The lowest BCUT2D eigenvalue weighted by Crippen LogP contribution is -2.47. The van der Waals surface area contributed by atoms with Crippen LogP contribution in [0.25, 0.3) is 0 Å².